The first kappa shape index (κ1) is 13.3. The molecule has 0 unspecified atom stereocenters. The van der Waals surface area contributed by atoms with Gasteiger partial charge >= 0.3 is 0 Å². The summed E-state index contributed by atoms with van der Waals surface area (Å²) < 4.78 is 38.4. The van der Waals surface area contributed by atoms with Crippen LogP contribution in [0.25, 0.3) is 0 Å². The minimum absolute atomic E-state index is 0.0969. The third-order valence-electron chi connectivity index (χ3n) is 3.06. The number of Topliss-reactive ketones (excluding diaryl/α,β-unsaturated/α-hetero) is 1. The fraction of sp³-hybridized carbons (Fsp3) is 0.154. The van der Waals surface area contributed by atoms with Gasteiger partial charge in [-0.2, -0.15) is 0 Å². The Balaban J connectivity index is 2.01. The van der Waals surface area contributed by atoms with Crippen molar-refractivity contribution in [1.29, 1.82) is 0 Å². The fourth-order valence-corrected chi connectivity index (χ4v) is 4.52. The van der Waals surface area contributed by atoms with Crippen LogP contribution in [0.4, 0.5) is 10.1 Å². The molecule has 0 bridgehead atoms. The highest BCUT2D eigenvalue weighted by Gasteiger charge is 2.35. The number of halogens is 1. The Morgan fingerprint density at radius 1 is 1.20 bits per heavy atom. The Labute approximate surface area is 119 Å². The van der Waals surface area contributed by atoms with Crippen molar-refractivity contribution in [2.24, 2.45) is 0 Å². The number of carbonyl (C=O) groups excluding carboxylic acids is 1. The lowest BCUT2D eigenvalue weighted by atomic mass is 10.2. The third-order valence-corrected chi connectivity index (χ3v) is 5.62. The summed E-state index contributed by atoms with van der Waals surface area (Å²) in [5.41, 5.74) is 1.08. The van der Waals surface area contributed by atoms with Crippen molar-refractivity contribution >= 4 is 32.8 Å². The minimum Gasteiger partial charge on any atom is -0.292 e. The van der Waals surface area contributed by atoms with Gasteiger partial charge in [0, 0.05) is 0 Å². The third kappa shape index (κ3) is 2.23. The molecule has 0 saturated carbocycles. The molecule has 0 fully saturated rings. The lowest BCUT2D eigenvalue weighted by molar-refractivity contribution is 0.102. The highest BCUT2D eigenvalue weighted by atomic mass is 32.2. The summed E-state index contributed by atoms with van der Waals surface area (Å²) >= 11 is 1.24. The van der Waals surface area contributed by atoms with Gasteiger partial charge in [-0.25, -0.2) is 12.8 Å². The van der Waals surface area contributed by atoms with E-state index in [1.165, 1.54) is 39.9 Å². The molecule has 0 aliphatic carbocycles. The maximum absolute atomic E-state index is 12.9. The lowest BCUT2D eigenvalue weighted by Crippen LogP contribution is -2.39. The van der Waals surface area contributed by atoms with Crippen LogP contribution < -0.4 is 4.31 Å². The molecule has 0 radical (unpaired) electrons. The van der Waals surface area contributed by atoms with Crippen LogP contribution in [0.15, 0.2) is 35.7 Å². The normalized spacial score (nSPS) is 17.1. The number of fused-ring (bicyclic) bond motifs is 1. The number of sulfonamides is 1. The first-order chi connectivity index (χ1) is 9.47. The summed E-state index contributed by atoms with van der Waals surface area (Å²) in [4.78, 5) is 12.2. The predicted molar refractivity (Wildman–Crippen MR) is 75.0 cm³/mol. The molecule has 2 aromatic rings. The molecule has 20 heavy (non-hydrogen) atoms. The van der Waals surface area contributed by atoms with Crippen molar-refractivity contribution in [3.8, 4) is 0 Å². The number of rotatable bonds is 2. The van der Waals surface area contributed by atoms with Gasteiger partial charge in [0.15, 0.2) is 5.78 Å². The quantitative estimate of drug-likeness (QED) is 0.856. The van der Waals surface area contributed by atoms with Gasteiger partial charge in [0.25, 0.3) is 0 Å². The van der Waals surface area contributed by atoms with Crippen molar-refractivity contribution in [3.05, 3.63) is 52.0 Å². The molecule has 1 aliphatic heterocycles. The molecule has 0 saturated heterocycles. The zero-order chi connectivity index (χ0) is 14.3. The summed E-state index contributed by atoms with van der Waals surface area (Å²) in [6, 6.07) is 7.26. The number of ketones is 1. The summed E-state index contributed by atoms with van der Waals surface area (Å²) in [6.07, 6.45) is 0. The average Bonchev–Trinajstić information content (AvgIpc) is 2.85. The summed E-state index contributed by atoms with van der Waals surface area (Å²) in [6.45, 7) is 0.0969. The molecule has 1 aromatic carbocycles. The van der Waals surface area contributed by atoms with Crippen LogP contribution in [0.5, 0.6) is 0 Å². The molecular formula is C13H10FNO3S2. The van der Waals surface area contributed by atoms with Crippen LogP contribution in [0.2, 0.25) is 0 Å². The van der Waals surface area contributed by atoms with Gasteiger partial charge in [-0.1, -0.05) is 12.1 Å². The summed E-state index contributed by atoms with van der Waals surface area (Å²) in [5, 5.41) is 1.70. The van der Waals surface area contributed by atoms with E-state index in [1.54, 1.807) is 11.4 Å². The molecule has 3 rings (SSSR count). The standard InChI is InChI=1S/C13H10FNO3S2/c14-10-3-1-9(2-4-10)7-15-11-5-6-19-13(11)12(16)8-20(15,17)18/h1-6H,7-8H2. The maximum Gasteiger partial charge on any atom is 0.243 e. The van der Waals surface area contributed by atoms with E-state index < -0.39 is 15.8 Å². The van der Waals surface area contributed by atoms with Gasteiger partial charge in [0.2, 0.25) is 10.0 Å². The smallest absolute Gasteiger partial charge is 0.243 e. The zero-order valence-electron chi connectivity index (χ0n) is 10.2. The molecule has 104 valence electrons. The van der Waals surface area contributed by atoms with Crippen LogP contribution in [0.3, 0.4) is 0 Å². The summed E-state index contributed by atoms with van der Waals surface area (Å²) in [7, 11) is -3.67. The number of carbonyl (C=O) groups is 1. The van der Waals surface area contributed by atoms with E-state index in [2.05, 4.69) is 0 Å². The van der Waals surface area contributed by atoms with Crippen LogP contribution in [0.1, 0.15) is 15.2 Å². The molecule has 1 aliphatic rings. The van der Waals surface area contributed by atoms with E-state index in [0.717, 1.165) is 0 Å². The van der Waals surface area contributed by atoms with Gasteiger partial charge in [-0.15, -0.1) is 11.3 Å². The Morgan fingerprint density at radius 3 is 2.60 bits per heavy atom. The number of hydrogen-bond acceptors (Lipinski definition) is 4. The van der Waals surface area contributed by atoms with Crippen LogP contribution in [0, 0.1) is 5.82 Å². The van der Waals surface area contributed by atoms with E-state index >= 15 is 0 Å². The molecule has 0 amide bonds. The minimum atomic E-state index is -3.67. The van der Waals surface area contributed by atoms with Crippen LogP contribution in [-0.2, 0) is 16.6 Å². The number of thiophene rings is 1. The second-order valence-corrected chi connectivity index (χ2v) is 7.26. The second-order valence-electron chi connectivity index (χ2n) is 4.45. The molecule has 0 N–H and O–H groups in total. The van der Waals surface area contributed by atoms with E-state index in [0.29, 0.717) is 16.1 Å². The Morgan fingerprint density at radius 2 is 1.90 bits per heavy atom. The Hall–Kier alpha value is -1.73. The number of anilines is 1. The molecule has 2 heterocycles. The van der Waals surface area contributed by atoms with Crippen molar-refractivity contribution in [2.75, 3.05) is 10.1 Å². The van der Waals surface area contributed by atoms with Crippen molar-refractivity contribution in [2.45, 2.75) is 6.54 Å². The first-order valence-electron chi connectivity index (χ1n) is 5.83. The van der Waals surface area contributed by atoms with E-state index in [9.17, 15) is 17.6 Å². The van der Waals surface area contributed by atoms with Gasteiger partial charge in [-0.3, -0.25) is 9.10 Å². The monoisotopic (exact) mass is 311 g/mol. The van der Waals surface area contributed by atoms with Crippen molar-refractivity contribution in [3.63, 3.8) is 0 Å². The number of hydrogen-bond donors (Lipinski definition) is 0. The molecular weight excluding hydrogens is 301 g/mol. The number of benzene rings is 1. The molecule has 0 atom stereocenters. The zero-order valence-corrected chi connectivity index (χ0v) is 11.9. The van der Waals surface area contributed by atoms with Crippen LogP contribution in [-0.4, -0.2) is 20.0 Å². The Kier molecular flexibility index (Phi) is 3.10. The average molecular weight is 311 g/mol. The van der Waals surface area contributed by atoms with Crippen molar-refractivity contribution in [1.82, 2.24) is 0 Å². The Bertz CT molecular complexity index is 765. The fourth-order valence-electron chi connectivity index (χ4n) is 2.11. The highest BCUT2D eigenvalue weighted by Crippen LogP contribution is 2.34. The van der Waals surface area contributed by atoms with Gasteiger partial charge < -0.3 is 0 Å². The molecule has 0 spiro atoms. The highest BCUT2D eigenvalue weighted by molar-refractivity contribution is 7.93. The van der Waals surface area contributed by atoms with E-state index in [4.69, 9.17) is 0 Å². The molecule has 7 heteroatoms. The molecule has 4 nitrogen and oxygen atoms in total. The first-order valence-corrected chi connectivity index (χ1v) is 8.32. The van der Waals surface area contributed by atoms with Gasteiger partial charge in [0.1, 0.15) is 11.6 Å². The lowest BCUT2D eigenvalue weighted by Gasteiger charge is -2.27. The van der Waals surface area contributed by atoms with E-state index in [1.807, 2.05) is 0 Å². The SMILES string of the molecule is O=C1CS(=O)(=O)N(Cc2ccc(F)cc2)c2ccsc21. The number of nitrogens with zero attached hydrogens (tertiary/aromatic N) is 1. The van der Waals surface area contributed by atoms with Gasteiger partial charge in [0.05, 0.1) is 17.1 Å². The topological polar surface area (TPSA) is 54.5 Å². The second kappa shape index (κ2) is 4.68. The van der Waals surface area contributed by atoms with Crippen LogP contribution >= 0.6 is 11.3 Å². The largest absolute Gasteiger partial charge is 0.292 e. The van der Waals surface area contributed by atoms with Gasteiger partial charge in [-0.05, 0) is 29.1 Å². The van der Waals surface area contributed by atoms with Crippen molar-refractivity contribution < 1.29 is 17.6 Å². The maximum atomic E-state index is 12.9. The molecule has 1 aromatic heterocycles. The summed E-state index contributed by atoms with van der Waals surface area (Å²) in [5.74, 6) is -1.26. The predicted octanol–water partition coefficient (Wildman–Crippen LogP) is 2.42. The van der Waals surface area contributed by atoms with E-state index in [-0.39, 0.29) is 18.1 Å².